The van der Waals surface area contributed by atoms with Crippen LogP contribution in [0.3, 0.4) is 0 Å². The van der Waals surface area contributed by atoms with Crippen LogP contribution in [0.15, 0.2) is 30.5 Å². The molecule has 0 saturated carbocycles. The Morgan fingerprint density at radius 3 is 2.55 bits per heavy atom. The van der Waals surface area contributed by atoms with E-state index in [-0.39, 0.29) is 0 Å². The molecule has 114 valence electrons. The van der Waals surface area contributed by atoms with Crippen molar-refractivity contribution < 1.29 is 9.90 Å². The van der Waals surface area contributed by atoms with Crippen molar-refractivity contribution in [1.29, 1.82) is 5.26 Å². The average molecular weight is 297 g/mol. The van der Waals surface area contributed by atoms with Crippen LogP contribution in [-0.4, -0.2) is 22.1 Å². The maximum atomic E-state index is 11.4. The van der Waals surface area contributed by atoms with Crippen LogP contribution in [0.2, 0.25) is 0 Å². The standard InChI is InChI=1S/C17H19N3O2/c1-11-3-12(2)5-13(4-11)7-16(17(21)22)20-10-15-6-14(8-18)9-19-15/h3-6,9,16,19-20H,7,10H2,1-2H3,(H,21,22). The average Bonchev–Trinajstić information content (AvgIpc) is 2.90. The van der Waals surface area contributed by atoms with Gasteiger partial charge in [0.25, 0.3) is 0 Å². The molecule has 0 spiro atoms. The number of carboxylic acids is 1. The lowest BCUT2D eigenvalue weighted by Crippen LogP contribution is -2.38. The minimum atomic E-state index is -0.883. The fourth-order valence-electron chi connectivity index (χ4n) is 2.51. The van der Waals surface area contributed by atoms with Gasteiger partial charge in [0.15, 0.2) is 0 Å². The summed E-state index contributed by atoms with van der Waals surface area (Å²) in [7, 11) is 0. The van der Waals surface area contributed by atoms with Crippen molar-refractivity contribution in [3.8, 4) is 6.07 Å². The fourth-order valence-corrected chi connectivity index (χ4v) is 2.51. The molecule has 22 heavy (non-hydrogen) atoms. The number of nitrogens with zero attached hydrogens (tertiary/aromatic N) is 1. The summed E-state index contributed by atoms with van der Waals surface area (Å²) < 4.78 is 0. The van der Waals surface area contributed by atoms with Crippen molar-refractivity contribution in [2.75, 3.05) is 0 Å². The van der Waals surface area contributed by atoms with Gasteiger partial charge in [-0.15, -0.1) is 0 Å². The Kier molecular flexibility index (Phi) is 4.97. The van der Waals surface area contributed by atoms with Crippen molar-refractivity contribution in [3.63, 3.8) is 0 Å². The highest BCUT2D eigenvalue weighted by molar-refractivity contribution is 5.74. The van der Waals surface area contributed by atoms with Crippen LogP contribution >= 0.6 is 0 Å². The molecule has 1 atom stereocenters. The maximum Gasteiger partial charge on any atom is 0.321 e. The zero-order chi connectivity index (χ0) is 16.1. The molecule has 0 amide bonds. The SMILES string of the molecule is Cc1cc(C)cc(CC(NCc2cc(C#N)c[nH]2)C(=O)O)c1. The molecule has 2 aromatic rings. The molecule has 1 aromatic heterocycles. The Labute approximate surface area is 129 Å². The van der Waals surface area contributed by atoms with Gasteiger partial charge in [-0.3, -0.25) is 10.1 Å². The molecule has 0 fully saturated rings. The molecule has 3 N–H and O–H groups in total. The lowest BCUT2D eigenvalue weighted by molar-refractivity contribution is -0.139. The van der Waals surface area contributed by atoms with E-state index >= 15 is 0 Å². The molecule has 0 aliphatic heterocycles. The van der Waals surface area contributed by atoms with Crippen molar-refractivity contribution in [2.24, 2.45) is 0 Å². The Morgan fingerprint density at radius 1 is 1.32 bits per heavy atom. The summed E-state index contributed by atoms with van der Waals surface area (Å²) in [6, 6.07) is 9.15. The molecule has 0 bridgehead atoms. The van der Waals surface area contributed by atoms with Gasteiger partial charge in [0.2, 0.25) is 0 Å². The molecule has 0 saturated heterocycles. The number of hydrogen-bond acceptors (Lipinski definition) is 3. The van der Waals surface area contributed by atoms with Crippen molar-refractivity contribution in [2.45, 2.75) is 32.9 Å². The molecule has 1 heterocycles. The Bertz CT molecular complexity index is 693. The van der Waals surface area contributed by atoms with Gasteiger partial charge < -0.3 is 10.1 Å². The first kappa shape index (κ1) is 15.8. The number of aryl methyl sites for hydroxylation is 2. The monoisotopic (exact) mass is 297 g/mol. The zero-order valence-electron chi connectivity index (χ0n) is 12.7. The lowest BCUT2D eigenvalue weighted by atomic mass is 10.0. The first-order chi connectivity index (χ1) is 10.5. The van der Waals surface area contributed by atoms with Gasteiger partial charge in [0, 0.05) is 18.4 Å². The molecule has 0 aliphatic carbocycles. The summed E-state index contributed by atoms with van der Waals surface area (Å²) in [5.74, 6) is -0.883. The molecular weight excluding hydrogens is 278 g/mol. The van der Waals surface area contributed by atoms with E-state index in [1.807, 2.05) is 32.0 Å². The Balaban J connectivity index is 2.03. The molecule has 0 aliphatic rings. The molecular formula is C17H19N3O2. The van der Waals surface area contributed by atoms with Gasteiger partial charge >= 0.3 is 5.97 Å². The number of carboxylic acid groups (broad SMARTS) is 1. The third-order valence-corrected chi connectivity index (χ3v) is 3.43. The number of hydrogen-bond donors (Lipinski definition) is 3. The third kappa shape index (κ3) is 4.21. The number of benzene rings is 1. The molecule has 1 aromatic carbocycles. The van der Waals surface area contributed by atoms with Crippen LogP contribution in [0.5, 0.6) is 0 Å². The lowest BCUT2D eigenvalue weighted by Gasteiger charge is -2.15. The largest absolute Gasteiger partial charge is 0.480 e. The second kappa shape index (κ2) is 6.92. The Hall–Kier alpha value is -2.58. The number of carbonyl (C=O) groups is 1. The predicted octanol–water partition coefficient (Wildman–Crippen LogP) is 2.29. The fraction of sp³-hybridized carbons (Fsp3) is 0.294. The number of aliphatic carboxylic acids is 1. The van der Waals surface area contributed by atoms with E-state index < -0.39 is 12.0 Å². The summed E-state index contributed by atoms with van der Waals surface area (Å²) in [4.78, 5) is 14.4. The van der Waals surface area contributed by atoms with Crippen LogP contribution in [-0.2, 0) is 17.8 Å². The second-order valence-corrected chi connectivity index (χ2v) is 5.50. The summed E-state index contributed by atoms with van der Waals surface area (Å²) in [6.07, 6.45) is 2.03. The van der Waals surface area contributed by atoms with E-state index in [2.05, 4.69) is 16.4 Å². The number of nitriles is 1. The minimum absolute atomic E-state index is 0.378. The molecule has 2 rings (SSSR count). The first-order valence-electron chi connectivity index (χ1n) is 7.08. The summed E-state index contributed by atoms with van der Waals surface area (Å²) in [5, 5.41) is 21.2. The number of H-pyrrole nitrogens is 1. The maximum absolute atomic E-state index is 11.4. The van der Waals surface area contributed by atoms with Gasteiger partial charge in [0.1, 0.15) is 12.1 Å². The minimum Gasteiger partial charge on any atom is -0.480 e. The summed E-state index contributed by atoms with van der Waals surface area (Å²) in [6.45, 7) is 4.38. The molecule has 1 unspecified atom stereocenters. The predicted molar refractivity (Wildman–Crippen MR) is 83.4 cm³/mol. The highest BCUT2D eigenvalue weighted by atomic mass is 16.4. The van der Waals surface area contributed by atoms with Crippen LogP contribution in [0, 0.1) is 25.2 Å². The van der Waals surface area contributed by atoms with Gasteiger partial charge in [-0.05, 0) is 31.9 Å². The van der Waals surface area contributed by atoms with E-state index in [0.717, 1.165) is 22.4 Å². The highest BCUT2D eigenvalue weighted by Crippen LogP contribution is 2.12. The highest BCUT2D eigenvalue weighted by Gasteiger charge is 2.18. The van der Waals surface area contributed by atoms with Crippen molar-refractivity contribution in [3.05, 3.63) is 58.4 Å². The molecule has 5 nitrogen and oxygen atoms in total. The zero-order valence-corrected chi connectivity index (χ0v) is 12.7. The Morgan fingerprint density at radius 2 is 2.00 bits per heavy atom. The van der Waals surface area contributed by atoms with Gasteiger partial charge in [-0.2, -0.15) is 5.26 Å². The van der Waals surface area contributed by atoms with Crippen LogP contribution in [0.1, 0.15) is 27.9 Å². The molecule has 5 heteroatoms. The first-order valence-corrected chi connectivity index (χ1v) is 7.08. The quantitative estimate of drug-likeness (QED) is 0.763. The number of rotatable bonds is 6. The third-order valence-electron chi connectivity index (χ3n) is 3.43. The van der Waals surface area contributed by atoms with E-state index in [1.165, 1.54) is 0 Å². The van der Waals surface area contributed by atoms with E-state index in [9.17, 15) is 9.90 Å². The van der Waals surface area contributed by atoms with E-state index in [4.69, 9.17) is 5.26 Å². The topological polar surface area (TPSA) is 88.9 Å². The van der Waals surface area contributed by atoms with Crippen molar-refractivity contribution >= 4 is 5.97 Å². The molecule has 0 radical (unpaired) electrons. The number of aromatic amines is 1. The van der Waals surface area contributed by atoms with Gasteiger partial charge in [-0.1, -0.05) is 29.3 Å². The summed E-state index contributed by atoms with van der Waals surface area (Å²) >= 11 is 0. The van der Waals surface area contributed by atoms with E-state index in [1.54, 1.807) is 12.3 Å². The smallest absolute Gasteiger partial charge is 0.321 e. The summed E-state index contributed by atoms with van der Waals surface area (Å²) in [5.41, 5.74) is 4.59. The van der Waals surface area contributed by atoms with Crippen LogP contribution < -0.4 is 5.32 Å². The van der Waals surface area contributed by atoms with E-state index in [0.29, 0.717) is 18.5 Å². The van der Waals surface area contributed by atoms with Crippen LogP contribution in [0.4, 0.5) is 0 Å². The normalized spacial score (nSPS) is 11.9. The second-order valence-electron chi connectivity index (χ2n) is 5.50. The van der Waals surface area contributed by atoms with Gasteiger partial charge in [0.05, 0.1) is 5.56 Å². The number of nitrogens with one attached hydrogen (secondary N) is 2. The van der Waals surface area contributed by atoms with Crippen LogP contribution in [0.25, 0.3) is 0 Å². The number of aromatic nitrogens is 1. The van der Waals surface area contributed by atoms with Gasteiger partial charge in [-0.25, -0.2) is 0 Å². The van der Waals surface area contributed by atoms with Crippen molar-refractivity contribution in [1.82, 2.24) is 10.3 Å².